The molecule has 0 aromatic heterocycles. The minimum Gasteiger partial charge on any atom is -0.393 e. The highest BCUT2D eigenvalue weighted by Crippen LogP contribution is 2.61. The van der Waals surface area contributed by atoms with Crippen LogP contribution >= 0.6 is 0 Å². The maximum atomic E-state index is 12.5. The molecule has 0 aliphatic heterocycles. The number of Topliss-reactive ketones (excluding diaryl/α,β-unsaturated/α-hetero) is 1. The minimum absolute atomic E-state index is 0.244. The van der Waals surface area contributed by atoms with Gasteiger partial charge < -0.3 is 5.11 Å². The van der Waals surface area contributed by atoms with Crippen molar-refractivity contribution in [2.45, 2.75) is 64.4 Å². The molecule has 120 valence electrons. The zero-order chi connectivity index (χ0) is 15.5. The topological polar surface area (TPSA) is 54.4 Å². The molecule has 4 aliphatic carbocycles. The van der Waals surface area contributed by atoms with Gasteiger partial charge in [0.1, 0.15) is 5.78 Å². The van der Waals surface area contributed by atoms with E-state index < -0.39 is 0 Å². The first-order valence-electron chi connectivity index (χ1n) is 9.01. The maximum Gasteiger partial charge on any atom is 0.155 e. The number of fused-ring (bicyclic) bond motifs is 5. The van der Waals surface area contributed by atoms with Crippen molar-refractivity contribution >= 4 is 11.6 Å². The molecule has 0 saturated heterocycles. The zero-order valence-electron chi connectivity index (χ0n) is 13.4. The van der Waals surface area contributed by atoms with Crippen molar-refractivity contribution in [3.63, 3.8) is 0 Å². The van der Waals surface area contributed by atoms with Crippen molar-refractivity contribution in [3.05, 3.63) is 11.6 Å². The van der Waals surface area contributed by atoms with Crippen molar-refractivity contribution in [2.75, 3.05) is 0 Å². The average Bonchev–Trinajstić information content (AvgIpc) is 2.84. The quantitative estimate of drug-likeness (QED) is 0.810. The van der Waals surface area contributed by atoms with Crippen LogP contribution in [0.2, 0.25) is 0 Å². The maximum absolute atomic E-state index is 12.5. The number of allylic oxidation sites excluding steroid dienone is 1. The second-order valence-electron chi connectivity index (χ2n) is 7.96. The monoisotopic (exact) mass is 302 g/mol. The second kappa shape index (κ2) is 5.02. The fraction of sp³-hybridized carbons (Fsp3) is 0.789. The normalized spacial score (nSPS) is 47.5. The Balaban J connectivity index is 1.70. The number of ketones is 2. The largest absolute Gasteiger partial charge is 0.393 e. The molecule has 3 heteroatoms. The lowest BCUT2D eigenvalue weighted by Gasteiger charge is -2.54. The Hall–Kier alpha value is -0.960. The first-order valence-corrected chi connectivity index (χ1v) is 9.01. The van der Waals surface area contributed by atoms with Crippen molar-refractivity contribution in [3.8, 4) is 0 Å². The second-order valence-corrected chi connectivity index (χ2v) is 7.96. The molecule has 0 bridgehead atoms. The molecule has 3 nitrogen and oxygen atoms in total. The lowest BCUT2D eigenvalue weighted by atomic mass is 9.50. The third kappa shape index (κ3) is 1.84. The van der Waals surface area contributed by atoms with Gasteiger partial charge in [-0.25, -0.2) is 0 Å². The Morgan fingerprint density at radius 1 is 1.18 bits per heavy atom. The Kier molecular flexibility index (Phi) is 3.34. The van der Waals surface area contributed by atoms with Crippen LogP contribution in [0.25, 0.3) is 0 Å². The molecular formula is C19H26O3. The molecule has 0 amide bonds. The van der Waals surface area contributed by atoms with Crippen LogP contribution in [0.4, 0.5) is 0 Å². The van der Waals surface area contributed by atoms with Gasteiger partial charge in [0.05, 0.1) is 6.10 Å². The molecular weight excluding hydrogens is 276 g/mol. The summed E-state index contributed by atoms with van der Waals surface area (Å²) in [6.45, 7) is 2.12. The van der Waals surface area contributed by atoms with Crippen LogP contribution in [0.5, 0.6) is 0 Å². The third-order valence-corrected chi connectivity index (χ3v) is 7.36. The summed E-state index contributed by atoms with van der Waals surface area (Å²) in [4.78, 5) is 24.2. The van der Waals surface area contributed by atoms with Crippen LogP contribution in [0.1, 0.15) is 58.3 Å². The summed E-state index contributed by atoms with van der Waals surface area (Å²) in [5.74, 6) is 2.27. The van der Waals surface area contributed by atoms with Crippen molar-refractivity contribution in [2.24, 2.45) is 29.1 Å². The van der Waals surface area contributed by atoms with Crippen LogP contribution in [0, 0.1) is 29.1 Å². The first kappa shape index (κ1) is 14.6. The van der Waals surface area contributed by atoms with E-state index in [1.165, 1.54) is 5.57 Å². The van der Waals surface area contributed by atoms with Gasteiger partial charge in [-0.05, 0) is 68.3 Å². The molecule has 0 spiro atoms. The summed E-state index contributed by atoms with van der Waals surface area (Å²) >= 11 is 0. The zero-order valence-corrected chi connectivity index (χ0v) is 13.4. The Morgan fingerprint density at radius 3 is 2.77 bits per heavy atom. The number of aliphatic hydroxyl groups is 1. The van der Waals surface area contributed by atoms with Gasteiger partial charge in [0, 0.05) is 18.3 Å². The van der Waals surface area contributed by atoms with E-state index in [0.29, 0.717) is 42.8 Å². The van der Waals surface area contributed by atoms with Gasteiger partial charge in [0.15, 0.2) is 5.78 Å². The van der Waals surface area contributed by atoms with E-state index in [-0.39, 0.29) is 23.2 Å². The van der Waals surface area contributed by atoms with Gasteiger partial charge in [0.2, 0.25) is 0 Å². The predicted octanol–water partition coefficient (Wildman–Crippen LogP) is 3.06. The summed E-state index contributed by atoms with van der Waals surface area (Å²) < 4.78 is 0. The molecule has 3 saturated carbocycles. The Morgan fingerprint density at radius 2 is 2.00 bits per heavy atom. The van der Waals surface area contributed by atoms with E-state index in [9.17, 15) is 14.7 Å². The van der Waals surface area contributed by atoms with Crippen LogP contribution < -0.4 is 0 Å². The highest BCUT2D eigenvalue weighted by atomic mass is 16.3. The Labute approximate surface area is 132 Å². The van der Waals surface area contributed by atoms with Gasteiger partial charge in [0.25, 0.3) is 0 Å². The third-order valence-electron chi connectivity index (χ3n) is 7.36. The van der Waals surface area contributed by atoms with Gasteiger partial charge in [-0.15, -0.1) is 0 Å². The number of hydrogen-bond donors (Lipinski definition) is 1. The van der Waals surface area contributed by atoms with E-state index in [0.717, 1.165) is 32.1 Å². The number of rotatable bonds is 1. The molecule has 1 N–H and O–H groups in total. The molecule has 6 atom stereocenters. The summed E-state index contributed by atoms with van der Waals surface area (Å²) in [5, 5.41) is 10.9. The first-order chi connectivity index (χ1) is 10.6. The van der Waals surface area contributed by atoms with Gasteiger partial charge in [-0.2, -0.15) is 0 Å². The standard InChI is InChI=1S/C19H26O3/c1-2-19-10-16(21)18-13-6-4-12(20)9-11(13)3-5-14(18)15(19)7-8-17(19)22/h9,13-16,18,21H,2-8,10H2,1H3/t13-,14-,15-,16+,18+,19-/m0/s1. The molecule has 4 rings (SSSR count). The molecule has 0 aromatic carbocycles. The van der Waals surface area contributed by atoms with Crippen LogP contribution in [-0.4, -0.2) is 22.8 Å². The summed E-state index contributed by atoms with van der Waals surface area (Å²) in [6.07, 6.45) is 8.34. The molecule has 4 aliphatic rings. The van der Waals surface area contributed by atoms with Crippen molar-refractivity contribution in [1.29, 1.82) is 0 Å². The van der Waals surface area contributed by atoms with Crippen LogP contribution in [0.3, 0.4) is 0 Å². The highest BCUT2D eigenvalue weighted by Gasteiger charge is 2.60. The highest BCUT2D eigenvalue weighted by molar-refractivity contribution is 5.91. The van der Waals surface area contributed by atoms with Crippen molar-refractivity contribution in [1.82, 2.24) is 0 Å². The molecule has 22 heavy (non-hydrogen) atoms. The van der Waals surface area contributed by atoms with Gasteiger partial charge in [-0.3, -0.25) is 9.59 Å². The molecule has 0 aromatic rings. The van der Waals surface area contributed by atoms with E-state index in [1.54, 1.807) is 0 Å². The molecule has 3 fully saturated rings. The molecule has 0 heterocycles. The van der Waals surface area contributed by atoms with E-state index in [1.807, 2.05) is 6.08 Å². The summed E-state index contributed by atoms with van der Waals surface area (Å²) in [6, 6.07) is 0. The van der Waals surface area contributed by atoms with E-state index in [4.69, 9.17) is 0 Å². The summed E-state index contributed by atoms with van der Waals surface area (Å²) in [7, 11) is 0. The summed E-state index contributed by atoms with van der Waals surface area (Å²) in [5.41, 5.74) is 1.04. The fourth-order valence-electron chi connectivity index (χ4n) is 6.43. The lowest BCUT2D eigenvalue weighted by molar-refractivity contribution is -0.143. The smallest absolute Gasteiger partial charge is 0.155 e. The SMILES string of the molecule is CC[C@]12C[C@@H](O)[C@H]3[C@@H](CCC4=CC(=O)CC[C@@H]43)[C@@H]1CCC2=O. The number of hydrogen-bond acceptors (Lipinski definition) is 3. The Bertz CT molecular complexity index is 549. The van der Waals surface area contributed by atoms with Gasteiger partial charge in [-0.1, -0.05) is 12.5 Å². The van der Waals surface area contributed by atoms with Crippen LogP contribution in [-0.2, 0) is 9.59 Å². The van der Waals surface area contributed by atoms with Crippen molar-refractivity contribution < 1.29 is 14.7 Å². The predicted molar refractivity (Wildman–Crippen MR) is 83.1 cm³/mol. The number of carbonyl (C=O) groups excluding carboxylic acids is 2. The molecule has 0 unspecified atom stereocenters. The lowest BCUT2D eigenvalue weighted by Crippen LogP contribution is -2.54. The van der Waals surface area contributed by atoms with Crippen LogP contribution in [0.15, 0.2) is 11.6 Å². The molecule has 0 radical (unpaired) electrons. The van der Waals surface area contributed by atoms with Gasteiger partial charge >= 0.3 is 0 Å². The minimum atomic E-state index is -0.370. The van der Waals surface area contributed by atoms with E-state index in [2.05, 4.69) is 6.92 Å². The number of aliphatic hydroxyl groups excluding tert-OH is 1. The number of carbonyl (C=O) groups is 2. The average molecular weight is 302 g/mol. The fourth-order valence-corrected chi connectivity index (χ4v) is 6.43. The van der Waals surface area contributed by atoms with E-state index >= 15 is 0 Å².